The van der Waals surface area contributed by atoms with Crippen LogP contribution in [-0.2, 0) is 0 Å². The van der Waals surface area contributed by atoms with Crippen LogP contribution in [-0.4, -0.2) is 10.8 Å². The number of ketones is 1. The van der Waals surface area contributed by atoms with Crippen molar-refractivity contribution in [2.75, 3.05) is 0 Å². The lowest BCUT2D eigenvalue weighted by molar-refractivity contribution is 0.104. The van der Waals surface area contributed by atoms with Gasteiger partial charge < -0.3 is 4.98 Å². The van der Waals surface area contributed by atoms with E-state index in [2.05, 4.69) is 20.9 Å². The van der Waals surface area contributed by atoms with Crippen molar-refractivity contribution in [3.8, 4) is 0 Å². The molecule has 0 bridgehead atoms. The highest BCUT2D eigenvalue weighted by molar-refractivity contribution is 9.10. The maximum absolute atomic E-state index is 12.7. The minimum atomic E-state index is -0.0152. The highest BCUT2D eigenvalue weighted by Crippen LogP contribution is 2.27. The van der Waals surface area contributed by atoms with Crippen molar-refractivity contribution in [1.29, 1.82) is 0 Å². The Morgan fingerprint density at radius 3 is 2.80 bits per heavy atom. The van der Waals surface area contributed by atoms with E-state index in [0.717, 1.165) is 20.9 Å². The third-order valence-electron chi connectivity index (χ3n) is 3.40. The fourth-order valence-corrected chi connectivity index (χ4v) is 2.82. The molecule has 0 radical (unpaired) electrons. The maximum atomic E-state index is 12.7. The largest absolute Gasteiger partial charge is 0.360 e. The first kappa shape index (κ1) is 13.4. The molecule has 0 saturated heterocycles. The van der Waals surface area contributed by atoms with E-state index in [0.29, 0.717) is 16.1 Å². The molecule has 20 heavy (non-hydrogen) atoms. The number of hydrogen-bond donors (Lipinski definition) is 1. The zero-order valence-electron chi connectivity index (χ0n) is 10.7. The average Bonchev–Trinajstić information content (AvgIpc) is 2.84. The van der Waals surface area contributed by atoms with Gasteiger partial charge >= 0.3 is 0 Å². The fraction of sp³-hybridized carbons (Fsp3) is 0.0625. The van der Waals surface area contributed by atoms with Gasteiger partial charge in [0.15, 0.2) is 5.78 Å². The van der Waals surface area contributed by atoms with Crippen molar-refractivity contribution in [3.05, 3.63) is 68.8 Å². The number of carbonyl (C=O) groups excluding carboxylic acids is 1. The van der Waals surface area contributed by atoms with Crippen molar-refractivity contribution in [3.63, 3.8) is 0 Å². The van der Waals surface area contributed by atoms with Crippen LogP contribution in [0.5, 0.6) is 0 Å². The Morgan fingerprint density at radius 2 is 2.00 bits per heavy atom. The summed E-state index contributed by atoms with van der Waals surface area (Å²) < 4.78 is 0.977. The van der Waals surface area contributed by atoms with Crippen LogP contribution in [0.4, 0.5) is 0 Å². The first-order valence-electron chi connectivity index (χ1n) is 6.14. The lowest BCUT2D eigenvalue weighted by Crippen LogP contribution is -2.03. The SMILES string of the molecule is Cc1c(Cl)cccc1C(=O)c1c[nH]c2cc(Br)ccc12. The normalized spacial score (nSPS) is 10.9. The summed E-state index contributed by atoms with van der Waals surface area (Å²) in [5, 5.41) is 1.52. The number of fused-ring (bicyclic) bond motifs is 1. The first-order valence-corrected chi connectivity index (χ1v) is 7.31. The van der Waals surface area contributed by atoms with Crippen molar-refractivity contribution in [2.24, 2.45) is 0 Å². The first-order chi connectivity index (χ1) is 9.58. The van der Waals surface area contributed by atoms with Crippen LogP contribution in [0.1, 0.15) is 21.5 Å². The third-order valence-corrected chi connectivity index (χ3v) is 4.30. The maximum Gasteiger partial charge on any atom is 0.195 e. The number of nitrogens with one attached hydrogen (secondary N) is 1. The molecule has 0 unspecified atom stereocenters. The number of halogens is 2. The predicted octanol–water partition coefficient (Wildman–Crippen LogP) is 5.12. The molecule has 100 valence electrons. The summed E-state index contributed by atoms with van der Waals surface area (Å²) >= 11 is 9.51. The summed E-state index contributed by atoms with van der Waals surface area (Å²) in [7, 11) is 0. The zero-order chi connectivity index (χ0) is 14.3. The van der Waals surface area contributed by atoms with Gasteiger partial charge in [-0.15, -0.1) is 0 Å². The topological polar surface area (TPSA) is 32.9 Å². The Kier molecular flexibility index (Phi) is 3.40. The van der Waals surface area contributed by atoms with Gasteiger partial charge in [0.2, 0.25) is 0 Å². The zero-order valence-corrected chi connectivity index (χ0v) is 13.0. The van der Waals surface area contributed by atoms with Gasteiger partial charge in [0.1, 0.15) is 0 Å². The van der Waals surface area contributed by atoms with Crippen LogP contribution in [0.25, 0.3) is 10.9 Å². The van der Waals surface area contributed by atoms with E-state index in [4.69, 9.17) is 11.6 Å². The van der Waals surface area contributed by atoms with Gasteiger partial charge in [-0.3, -0.25) is 4.79 Å². The summed E-state index contributed by atoms with van der Waals surface area (Å²) in [5.41, 5.74) is 3.05. The quantitative estimate of drug-likeness (QED) is 0.640. The van der Waals surface area contributed by atoms with Gasteiger partial charge in [0.05, 0.1) is 0 Å². The molecule has 2 aromatic carbocycles. The number of hydrogen-bond acceptors (Lipinski definition) is 1. The van der Waals surface area contributed by atoms with Crippen molar-refractivity contribution in [1.82, 2.24) is 4.98 Å². The second-order valence-electron chi connectivity index (χ2n) is 4.63. The molecule has 0 atom stereocenters. The van der Waals surface area contributed by atoms with Crippen molar-refractivity contribution < 1.29 is 4.79 Å². The highest BCUT2D eigenvalue weighted by Gasteiger charge is 2.17. The van der Waals surface area contributed by atoms with Gasteiger partial charge in [-0.2, -0.15) is 0 Å². The molecule has 0 spiro atoms. The molecule has 0 saturated carbocycles. The number of benzene rings is 2. The van der Waals surface area contributed by atoms with Gasteiger partial charge in [0, 0.05) is 37.7 Å². The summed E-state index contributed by atoms with van der Waals surface area (Å²) in [6, 6.07) is 11.2. The van der Waals surface area contributed by atoms with E-state index in [9.17, 15) is 4.79 Å². The molecule has 0 aliphatic carbocycles. The summed E-state index contributed by atoms with van der Waals surface area (Å²) in [4.78, 5) is 15.8. The molecule has 1 N–H and O–H groups in total. The molecule has 0 amide bonds. The molecule has 0 fully saturated rings. The number of aromatic nitrogens is 1. The Balaban J connectivity index is 2.16. The molecular weight excluding hydrogens is 338 g/mol. The van der Waals surface area contributed by atoms with Crippen molar-refractivity contribution >= 4 is 44.2 Å². The van der Waals surface area contributed by atoms with E-state index < -0.39 is 0 Å². The van der Waals surface area contributed by atoms with Gasteiger partial charge in [-0.1, -0.05) is 45.7 Å². The van der Waals surface area contributed by atoms with Gasteiger partial charge in [-0.05, 0) is 30.7 Å². The number of H-pyrrole nitrogens is 1. The minimum Gasteiger partial charge on any atom is -0.360 e. The molecule has 1 aromatic heterocycles. The lowest BCUT2D eigenvalue weighted by Gasteiger charge is -2.05. The second-order valence-corrected chi connectivity index (χ2v) is 5.96. The Morgan fingerprint density at radius 1 is 1.20 bits per heavy atom. The molecular formula is C16H11BrClNO. The monoisotopic (exact) mass is 347 g/mol. The summed E-state index contributed by atoms with van der Waals surface area (Å²) in [6.45, 7) is 1.86. The van der Waals surface area contributed by atoms with Gasteiger partial charge in [-0.25, -0.2) is 0 Å². The smallest absolute Gasteiger partial charge is 0.195 e. The van der Waals surface area contributed by atoms with Crippen molar-refractivity contribution in [2.45, 2.75) is 6.92 Å². The summed E-state index contributed by atoms with van der Waals surface area (Å²) in [5.74, 6) is -0.0152. The van der Waals surface area contributed by atoms with Crippen LogP contribution in [0.2, 0.25) is 5.02 Å². The van der Waals surface area contributed by atoms with Crippen LogP contribution >= 0.6 is 27.5 Å². The Labute approximate surface area is 129 Å². The molecule has 0 aliphatic heterocycles. The highest BCUT2D eigenvalue weighted by atomic mass is 79.9. The average molecular weight is 349 g/mol. The Hall–Kier alpha value is -1.58. The van der Waals surface area contributed by atoms with Crippen LogP contribution in [0, 0.1) is 6.92 Å². The third kappa shape index (κ3) is 2.17. The molecule has 0 aliphatic rings. The lowest BCUT2D eigenvalue weighted by atomic mass is 9.99. The number of aromatic amines is 1. The van der Waals surface area contributed by atoms with Gasteiger partial charge in [0.25, 0.3) is 0 Å². The summed E-state index contributed by atoms with van der Waals surface area (Å²) in [6.07, 6.45) is 1.75. The van der Waals surface area contributed by atoms with E-state index in [-0.39, 0.29) is 5.78 Å². The molecule has 4 heteroatoms. The van der Waals surface area contributed by atoms with Crippen LogP contribution in [0.15, 0.2) is 47.1 Å². The minimum absolute atomic E-state index is 0.0152. The van der Waals surface area contributed by atoms with Crippen LogP contribution in [0.3, 0.4) is 0 Å². The van der Waals surface area contributed by atoms with E-state index in [1.165, 1.54) is 0 Å². The van der Waals surface area contributed by atoms with E-state index >= 15 is 0 Å². The number of carbonyl (C=O) groups is 1. The predicted molar refractivity (Wildman–Crippen MR) is 85.6 cm³/mol. The molecule has 3 aromatic rings. The molecule has 2 nitrogen and oxygen atoms in total. The second kappa shape index (κ2) is 5.08. The molecule has 3 rings (SSSR count). The fourth-order valence-electron chi connectivity index (χ4n) is 2.28. The Bertz CT molecular complexity index is 822. The number of rotatable bonds is 2. The molecule has 1 heterocycles. The standard InChI is InChI=1S/C16H11BrClNO/c1-9-11(3-2-4-14(9)18)16(20)13-8-19-15-7-10(17)5-6-12(13)15/h2-8,19H,1H3. The van der Waals surface area contributed by atoms with E-state index in [1.54, 1.807) is 24.4 Å². The van der Waals surface area contributed by atoms with E-state index in [1.807, 2.05) is 25.1 Å². The van der Waals surface area contributed by atoms with Crippen LogP contribution < -0.4 is 0 Å².